The van der Waals surface area contributed by atoms with Gasteiger partial charge in [-0.05, 0) is 68.3 Å². The number of carbonyl (C=O) groups excluding carboxylic acids is 1. The maximum absolute atomic E-state index is 12.6. The molecule has 1 saturated heterocycles. The lowest BCUT2D eigenvalue weighted by molar-refractivity contribution is 0.0766. The number of unbranched alkanes of at least 4 members (excludes halogenated alkanes) is 3. The number of hydrogen-bond acceptors (Lipinski definition) is 4. The summed E-state index contributed by atoms with van der Waals surface area (Å²) < 4.78 is 0. The molecule has 2 aliphatic rings. The number of nitrogens with one attached hydrogen (secondary N) is 2. The molecule has 1 aromatic rings. The summed E-state index contributed by atoms with van der Waals surface area (Å²) in [5.41, 5.74) is 1.76. The van der Waals surface area contributed by atoms with Gasteiger partial charge >= 0.3 is 6.03 Å². The number of nitriles is 1. The molecule has 6 nitrogen and oxygen atoms in total. The van der Waals surface area contributed by atoms with E-state index >= 15 is 0 Å². The lowest BCUT2D eigenvalue weighted by atomic mass is 9.91. The first-order valence-corrected chi connectivity index (χ1v) is 12.1. The molecule has 1 aliphatic heterocycles. The quantitative estimate of drug-likeness (QED) is 0.519. The Bertz CT molecular complexity index is 714. The summed E-state index contributed by atoms with van der Waals surface area (Å²) in [5.74, 6) is 1.20. The third-order valence-corrected chi connectivity index (χ3v) is 6.93. The van der Waals surface area contributed by atoms with E-state index in [9.17, 15) is 4.79 Å². The second kappa shape index (κ2) is 12.0. The maximum Gasteiger partial charge on any atom is 0.317 e. The molecule has 1 aliphatic carbocycles. The van der Waals surface area contributed by atoms with Crippen LogP contribution in [-0.2, 0) is 0 Å². The predicted molar refractivity (Wildman–Crippen MR) is 126 cm³/mol. The van der Waals surface area contributed by atoms with Gasteiger partial charge in [0.2, 0.25) is 0 Å². The molecule has 0 spiro atoms. The van der Waals surface area contributed by atoms with Crippen molar-refractivity contribution in [3.8, 4) is 6.07 Å². The van der Waals surface area contributed by atoms with Gasteiger partial charge in [-0.15, -0.1) is 0 Å². The molecular weight excluding hydrogens is 386 g/mol. The van der Waals surface area contributed by atoms with Gasteiger partial charge in [0.05, 0.1) is 11.6 Å². The molecule has 2 atom stereocenters. The summed E-state index contributed by atoms with van der Waals surface area (Å²) in [4.78, 5) is 17.2. The van der Waals surface area contributed by atoms with Crippen LogP contribution in [0.4, 0.5) is 10.5 Å². The monoisotopic (exact) mass is 425 g/mol. The Balaban J connectivity index is 1.37. The zero-order chi connectivity index (χ0) is 22.1. The van der Waals surface area contributed by atoms with Crippen molar-refractivity contribution >= 4 is 11.7 Å². The number of nitrogens with zero attached hydrogens (tertiary/aromatic N) is 3. The van der Waals surface area contributed by atoms with E-state index in [-0.39, 0.29) is 6.03 Å². The first-order valence-electron chi connectivity index (χ1n) is 12.1. The summed E-state index contributed by atoms with van der Waals surface area (Å²) in [6, 6.07) is 10.3. The lowest BCUT2D eigenvalue weighted by Crippen LogP contribution is -2.55. The van der Waals surface area contributed by atoms with E-state index in [4.69, 9.17) is 5.26 Å². The van der Waals surface area contributed by atoms with Crippen LogP contribution in [0, 0.1) is 23.2 Å². The fraction of sp³-hybridized carbons (Fsp3) is 0.680. The average Bonchev–Trinajstić information content (AvgIpc) is 3.06. The van der Waals surface area contributed by atoms with Crippen LogP contribution in [-0.4, -0.2) is 61.6 Å². The molecule has 2 fully saturated rings. The highest BCUT2D eigenvalue weighted by Crippen LogP contribution is 2.39. The Morgan fingerprint density at radius 2 is 1.81 bits per heavy atom. The Hall–Kier alpha value is -2.26. The first kappa shape index (κ1) is 23.4. The van der Waals surface area contributed by atoms with Crippen molar-refractivity contribution < 1.29 is 4.79 Å². The minimum absolute atomic E-state index is 0.110. The molecule has 6 heteroatoms. The van der Waals surface area contributed by atoms with E-state index in [1.54, 1.807) is 0 Å². The second-order valence-corrected chi connectivity index (χ2v) is 9.22. The van der Waals surface area contributed by atoms with Gasteiger partial charge < -0.3 is 20.4 Å². The van der Waals surface area contributed by atoms with Crippen molar-refractivity contribution in [1.29, 1.82) is 5.26 Å². The van der Waals surface area contributed by atoms with Crippen LogP contribution >= 0.6 is 0 Å². The molecule has 1 heterocycles. The number of urea groups is 1. The molecule has 3 rings (SSSR count). The highest BCUT2D eigenvalue weighted by Gasteiger charge is 2.44. The standard InChI is InChI=1S/C25H39N5O/c1-3-4-5-6-14-28-25(31)29(2)24-21-10-11-22(24)19-30(18-21)16-7-15-27-23-12-8-20(17-26)9-13-23/h8-9,12-13,21-22,24,27H,3-7,10-11,14-16,18-19H2,1-2H3,(H,28,31). The first-order chi connectivity index (χ1) is 15.1. The van der Waals surface area contributed by atoms with Crippen molar-refractivity contribution in [1.82, 2.24) is 15.1 Å². The van der Waals surface area contributed by atoms with Gasteiger partial charge in [-0.2, -0.15) is 5.26 Å². The van der Waals surface area contributed by atoms with Crippen LogP contribution in [0.15, 0.2) is 24.3 Å². The SMILES string of the molecule is CCCCCCNC(=O)N(C)C1C2CCC1CN(CCCNc1ccc(C#N)cc1)C2. The molecule has 2 N–H and O–H groups in total. The van der Waals surface area contributed by atoms with Gasteiger partial charge in [-0.3, -0.25) is 0 Å². The van der Waals surface area contributed by atoms with E-state index in [1.165, 1.54) is 32.1 Å². The van der Waals surface area contributed by atoms with E-state index in [0.29, 0.717) is 23.4 Å². The molecule has 2 bridgehead atoms. The number of carbonyl (C=O) groups is 1. The van der Waals surface area contributed by atoms with Crippen molar-refractivity contribution in [3.05, 3.63) is 29.8 Å². The van der Waals surface area contributed by atoms with Crippen molar-refractivity contribution in [2.45, 2.75) is 57.9 Å². The minimum atomic E-state index is 0.110. The van der Waals surface area contributed by atoms with Gasteiger partial charge in [-0.1, -0.05) is 26.2 Å². The Labute approximate surface area is 188 Å². The largest absolute Gasteiger partial charge is 0.385 e. The van der Waals surface area contributed by atoms with E-state index in [1.807, 2.05) is 36.2 Å². The number of rotatable bonds is 11. The number of benzene rings is 1. The molecular formula is C25H39N5O. The van der Waals surface area contributed by atoms with Crippen molar-refractivity contribution in [2.75, 3.05) is 45.1 Å². The van der Waals surface area contributed by atoms with E-state index in [2.05, 4.69) is 28.5 Å². The van der Waals surface area contributed by atoms with Crippen molar-refractivity contribution in [3.63, 3.8) is 0 Å². The number of likely N-dealkylation sites (tertiary alicyclic amines) is 1. The molecule has 0 aromatic heterocycles. The zero-order valence-corrected chi connectivity index (χ0v) is 19.3. The maximum atomic E-state index is 12.6. The summed E-state index contributed by atoms with van der Waals surface area (Å²) in [5, 5.41) is 15.5. The molecule has 31 heavy (non-hydrogen) atoms. The fourth-order valence-corrected chi connectivity index (χ4v) is 5.31. The summed E-state index contributed by atoms with van der Waals surface area (Å²) in [7, 11) is 1.99. The molecule has 1 aromatic carbocycles. The van der Waals surface area contributed by atoms with Crippen molar-refractivity contribution in [2.24, 2.45) is 11.8 Å². The Morgan fingerprint density at radius 3 is 2.45 bits per heavy atom. The molecule has 170 valence electrons. The topological polar surface area (TPSA) is 71.4 Å². The van der Waals surface area contributed by atoms with Gasteiger partial charge in [0, 0.05) is 45.0 Å². The van der Waals surface area contributed by atoms with Crippen LogP contribution in [0.5, 0.6) is 0 Å². The molecule has 2 amide bonds. The number of piperidine rings is 1. The summed E-state index contributed by atoms with van der Waals surface area (Å²) in [6.07, 6.45) is 8.32. The van der Waals surface area contributed by atoms with E-state index < -0.39 is 0 Å². The van der Waals surface area contributed by atoms with Crippen LogP contribution < -0.4 is 10.6 Å². The number of hydrogen-bond donors (Lipinski definition) is 2. The smallest absolute Gasteiger partial charge is 0.317 e. The zero-order valence-electron chi connectivity index (χ0n) is 19.3. The van der Waals surface area contributed by atoms with Gasteiger partial charge in [0.15, 0.2) is 0 Å². The Morgan fingerprint density at radius 1 is 1.10 bits per heavy atom. The van der Waals surface area contributed by atoms with Gasteiger partial charge in [0.25, 0.3) is 0 Å². The van der Waals surface area contributed by atoms with Gasteiger partial charge in [0.1, 0.15) is 0 Å². The third-order valence-electron chi connectivity index (χ3n) is 6.93. The highest BCUT2D eigenvalue weighted by molar-refractivity contribution is 5.74. The normalized spacial score (nSPS) is 22.7. The minimum Gasteiger partial charge on any atom is -0.385 e. The van der Waals surface area contributed by atoms with Crippen LogP contribution in [0.3, 0.4) is 0 Å². The highest BCUT2D eigenvalue weighted by atomic mass is 16.2. The fourth-order valence-electron chi connectivity index (χ4n) is 5.31. The summed E-state index contributed by atoms with van der Waals surface area (Å²) in [6.45, 7) is 7.24. The summed E-state index contributed by atoms with van der Waals surface area (Å²) >= 11 is 0. The molecule has 2 unspecified atom stereocenters. The number of amides is 2. The Kier molecular flexibility index (Phi) is 9.02. The molecule has 1 saturated carbocycles. The molecule has 0 radical (unpaired) electrons. The average molecular weight is 426 g/mol. The van der Waals surface area contributed by atoms with Crippen LogP contribution in [0.25, 0.3) is 0 Å². The predicted octanol–water partition coefficient (Wildman–Crippen LogP) is 4.29. The third kappa shape index (κ3) is 6.61. The van der Waals surface area contributed by atoms with Gasteiger partial charge in [-0.25, -0.2) is 4.79 Å². The van der Waals surface area contributed by atoms with Crippen LogP contribution in [0.2, 0.25) is 0 Å². The number of anilines is 1. The van der Waals surface area contributed by atoms with Crippen LogP contribution in [0.1, 0.15) is 57.4 Å². The second-order valence-electron chi connectivity index (χ2n) is 9.22. The lowest BCUT2D eigenvalue weighted by Gasteiger charge is -2.42. The number of fused-ring (bicyclic) bond motifs is 2. The van der Waals surface area contributed by atoms with E-state index in [0.717, 1.165) is 51.3 Å².